The number of imide groups is 1. The van der Waals surface area contributed by atoms with Gasteiger partial charge in [0.25, 0.3) is 0 Å². The smallest absolute Gasteiger partial charge is 0.249 e. The SMILES string of the molecule is CC(=O)NC(=O)[C@H](CCCN=C(N)N)NC(=O)[C@H](CCCN=C(N)N)NC(=O)[C@H](CCCN=C(N)N)NC(=O)[C@H](CCCN=C(N)N)NC(=O)[C@H](CCCN=C(N)N)NC(=O)[C@H](CCCN=C(N)N)NC(=O)[C@H](CCCN=C(N)N)NC(=O)[C@H](CCCN=C(N)N)NC(=O)[C@@H](O)CCCN=C(N)N. The first-order valence-electron chi connectivity index (χ1n) is 32.9. The molecule has 103 heavy (non-hydrogen) atoms. The highest BCUT2D eigenvalue weighted by Gasteiger charge is 2.35. The first kappa shape index (κ1) is 91.3. The molecule has 0 aromatic rings. The Morgan fingerprint density at radius 1 is 0.233 bits per heavy atom. The summed E-state index contributed by atoms with van der Waals surface area (Å²) < 4.78 is 0. The molecule has 47 heteroatoms. The molecule has 0 rings (SSSR count). The molecule has 0 radical (unpaired) electrons. The molecule has 0 bridgehead atoms. The number of nitrogens with one attached hydrogen (secondary N) is 9. The van der Waals surface area contributed by atoms with Gasteiger partial charge in [0.2, 0.25) is 59.1 Å². The summed E-state index contributed by atoms with van der Waals surface area (Å²) in [7, 11) is 0. The Balaban J connectivity index is 7.85. The van der Waals surface area contributed by atoms with Gasteiger partial charge in [-0.2, -0.15) is 0 Å². The minimum Gasteiger partial charge on any atom is -0.383 e. The number of rotatable bonds is 53. The highest BCUT2D eigenvalue weighted by Crippen LogP contribution is 2.12. The van der Waals surface area contributed by atoms with Crippen LogP contribution in [0, 0.1) is 0 Å². The predicted molar refractivity (Wildman–Crippen MR) is 389 cm³/mol. The summed E-state index contributed by atoms with van der Waals surface area (Å²) in [6.45, 7) is 0.791. The van der Waals surface area contributed by atoms with Crippen LogP contribution < -0.4 is 151 Å². The van der Waals surface area contributed by atoms with E-state index < -0.39 is 114 Å². The quantitative estimate of drug-likeness (QED) is 0.0153. The second-order valence-electron chi connectivity index (χ2n) is 23.1. The van der Waals surface area contributed by atoms with Gasteiger partial charge < -0.3 is 151 Å². The number of nitrogens with zero attached hydrogens (tertiary/aromatic N) is 9. The predicted octanol–water partition coefficient (Wildman–Crippen LogP) is -13.6. The lowest BCUT2D eigenvalue weighted by Crippen LogP contribution is -2.60. The number of nitrogens with two attached hydrogens (primary N) is 18. The maximum Gasteiger partial charge on any atom is 0.249 e. The van der Waals surface area contributed by atoms with Gasteiger partial charge in [-0.05, 0) is 116 Å². The molecule has 0 aliphatic rings. The molecule has 47 nitrogen and oxygen atoms in total. The maximum absolute atomic E-state index is 14.9. The van der Waals surface area contributed by atoms with Gasteiger partial charge in [-0.25, -0.2) is 0 Å². The van der Waals surface area contributed by atoms with E-state index in [0.29, 0.717) is 0 Å². The summed E-state index contributed by atoms with van der Waals surface area (Å²) in [5, 5.41) is 33.7. The Bertz CT molecular complexity index is 2980. The van der Waals surface area contributed by atoms with E-state index in [4.69, 9.17) is 103 Å². The van der Waals surface area contributed by atoms with Crippen molar-refractivity contribution in [3.05, 3.63) is 0 Å². The Morgan fingerprint density at radius 3 is 0.515 bits per heavy atom. The Hall–Kier alpha value is -11.7. The number of aliphatic hydroxyl groups is 1. The summed E-state index contributed by atoms with van der Waals surface area (Å²) in [6, 6.07) is -12.1. The minimum atomic E-state index is -1.64. The molecular weight excluding hydrogens is 1350 g/mol. The van der Waals surface area contributed by atoms with Crippen LogP contribution in [-0.2, 0) is 47.9 Å². The second kappa shape index (κ2) is 52.3. The largest absolute Gasteiger partial charge is 0.383 e. The topological polar surface area (TPSA) is 879 Å². The Labute approximate surface area is 595 Å². The van der Waals surface area contributed by atoms with Crippen LogP contribution in [0.15, 0.2) is 44.9 Å². The highest BCUT2D eigenvalue weighted by molar-refractivity contribution is 6.00. The highest BCUT2D eigenvalue weighted by atomic mass is 16.3. The van der Waals surface area contributed by atoms with Crippen molar-refractivity contribution in [2.24, 2.45) is 148 Å². The number of hydrogen-bond acceptors (Lipinski definition) is 20. The lowest BCUT2D eigenvalue weighted by Gasteiger charge is -2.28. The number of carbonyl (C=O) groups is 10. The van der Waals surface area contributed by atoms with Gasteiger partial charge >= 0.3 is 0 Å². The van der Waals surface area contributed by atoms with Crippen LogP contribution in [0.3, 0.4) is 0 Å². The van der Waals surface area contributed by atoms with Gasteiger partial charge in [-0.15, -0.1) is 0 Å². The van der Waals surface area contributed by atoms with Crippen molar-refractivity contribution in [1.82, 2.24) is 47.9 Å². The van der Waals surface area contributed by atoms with Gasteiger partial charge in [0, 0.05) is 65.8 Å². The lowest BCUT2D eigenvalue weighted by atomic mass is 10.0. The van der Waals surface area contributed by atoms with E-state index in [1.54, 1.807) is 0 Å². The normalized spacial score (nSPS) is 13.2. The molecule has 0 aliphatic heterocycles. The standard InChI is InChI=1S/C56H112N36O11/c1-29(93)84-39(95)30(11-2-20-75-48(57)58)85-40(96)31(12-3-21-76-49(59)60)86-41(97)32(13-4-22-77-50(61)62)87-42(98)33(14-5-23-78-51(63)64)88-43(99)34(15-6-24-79-52(65)66)89-44(100)35(16-7-25-80-53(67)68)90-45(101)36(17-8-26-81-54(69)70)91-46(102)37(18-9-27-82-55(71)72)92-47(103)38(94)19-10-28-83-56(73)74/h30-38,94H,2-28H2,1H3,(H,85,96)(H,86,97)(H,87,98)(H,88,99)(H,89,100)(H,90,101)(H,91,102)(H,92,103)(H4,57,58,75)(H4,59,60,76)(H4,61,62,77)(H4,63,64,78)(H4,65,66,79)(H4,67,68,80)(H4,69,70,81)(H4,71,72,82)(H4,73,74,83)(H,84,93,95)/t30-,31-,32-,33-,34-,35-,36-,37-,38-/m0/s1. The summed E-state index contributed by atoms with van der Waals surface area (Å²) in [5.74, 6) is -11.9. The van der Waals surface area contributed by atoms with Crippen LogP contribution >= 0.6 is 0 Å². The van der Waals surface area contributed by atoms with Gasteiger partial charge in [0.05, 0.1) is 0 Å². The van der Waals surface area contributed by atoms with Crippen molar-refractivity contribution >= 4 is 113 Å². The van der Waals surface area contributed by atoms with Crippen molar-refractivity contribution in [2.75, 3.05) is 58.9 Å². The number of aliphatic hydroxyl groups excluding tert-OH is 1. The van der Waals surface area contributed by atoms with E-state index in [9.17, 15) is 53.1 Å². The van der Waals surface area contributed by atoms with E-state index in [1.165, 1.54) is 0 Å². The molecule has 0 heterocycles. The van der Waals surface area contributed by atoms with E-state index >= 15 is 0 Å². The molecule has 46 N–H and O–H groups in total. The van der Waals surface area contributed by atoms with E-state index in [0.717, 1.165) is 6.92 Å². The van der Waals surface area contributed by atoms with Crippen molar-refractivity contribution in [2.45, 2.75) is 177 Å². The van der Waals surface area contributed by atoms with Gasteiger partial charge in [0.15, 0.2) is 53.6 Å². The number of carbonyl (C=O) groups excluding carboxylic acids is 10. The average Bonchev–Trinajstić information content (AvgIpc) is 0.861. The third kappa shape index (κ3) is 46.3. The third-order valence-corrected chi connectivity index (χ3v) is 14.2. The van der Waals surface area contributed by atoms with Gasteiger partial charge in [-0.1, -0.05) is 0 Å². The molecule has 0 unspecified atom stereocenters. The molecule has 0 aromatic carbocycles. The number of aliphatic imine (C=N–C) groups is 9. The number of hydrogen-bond donors (Lipinski definition) is 28. The maximum atomic E-state index is 14.9. The average molecular weight is 1470 g/mol. The molecule has 0 saturated carbocycles. The van der Waals surface area contributed by atoms with E-state index in [-0.39, 0.29) is 228 Å². The Morgan fingerprint density at radius 2 is 0.369 bits per heavy atom. The molecule has 10 amide bonds. The third-order valence-electron chi connectivity index (χ3n) is 14.2. The molecule has 0 aromatic heterocycles. The van der Waals surface area contributed by atoms with Crippen LogP contribution in [0.4, 0.5) is 0 Å². The Kier molecular flexibility index (Phi) is 46.4. The minimum absolute atomic E-state index is 0.000542. The molecule has 0 saturated heterocycles. The van der Waals surface area contributed by atoms with Crippen molar-refractivity contribution in [1.29, 1.82) is 0 Å². The zero-order valence-corrected chi connectivity index (χ0v) is 58.2. The summed E-state index contributed by atoms with van der Waals surface area (Å²) in [6.07, 6.45) is -2.68. The van der Waals surface area contributed by atoms with Crippen LogP contribution in [-0.4, -0.2) is 231 Å². The fourth-order valence-electron chi connectivity index (χ4n) is 9.24. The molecule has 0 fully saturated rings. The van der Waals surface area contributed by atoms with Crippen molar-refractivity contribution in [3.8, 4) is 0 Å². The van der Waals surface area contributed by atoms with Crippen LogP contribution in [0.2, 0.25) is 0 Å². The van der Waals surface area contributed by atoms with Crippen LogP contribution in [0.1, 0.15) is 122 Å². The van der Waals surface area contributed by atoms with Crippen molar-refractivity contribution < 1.29 is 53.1 Å². The molecule has 0 spiro atoms. The molecular formula is C56H112N36O11. The number of guanidine groups is 9. The molecule has 0 aliphatic carbocycles. The van der Waals surface area contributed by atoms with Gasteiger partial charge in [-0.3, -0.25) is 98.2 Å². The summed E-state index contributed by atoms with van der Waals surface area (Å²) >= 11 is 0. The van der Waals surface area contributed by atoms with Crippen LogP contribution in [0.5, 0.6) is 0 Å². The zero-order chi connectivity index (χ0) is 78.0. The summed E-state index contributed by atoms with van der Waals surface area (Å²) in [4.78, 5) is 176. The number of amides is 10. The molecule has 9 atom stereocenters. The van der Waals surface area contributed by atoms with Crippen LogP contribution in [0.25, 0.3) is 0 Å². The second-order valence-corrected chi connectivity index (χ2v) is 23.1. The van der Waals surface area contributed by atoms with Crippen molar-refractivity contribution in [3.63, 3.8) is 0 Å². The van der Waals surface area contributed by atoms with E-state index in [2.05, 4.69) is 92.8 Å². The monoisotopic (exact) mass is 1460 g/mol. The lowest BCUT2D eigenvalue weighted by molar-refractivity contribution is -0.137. The van der Waals surface area contributed by atoms with Gasteiger partial charge in [0.1, 0.15) is 54.4 Å². The molecule has 582 valence electrons. The first-order valence-corrected chi connectivity index (χ1v) is 32.9. The fourth-order valence-corrected chi connectivity index (χ4v) is 9.24. The van der Waals surface area contributed by atoms with E-state index in [1.807, 2.05) is 0 Å². The first-order chi connectivity index (χ1) is 48.5. The summed E-state index contributed by atoms with van der Waals surface area (Å²) in [5.41, 5.74) is 99.7. The fraction of sp³-hybridized carbons (Fsp3) is 0.661. The zero-order valence-electron chi connectivity index (χ0n) is 58.2.